The van der Waals surface area contributed by atoms with Crippen molar-refractivity contribution in [3.05, 3.63) is 47.2 Å². The smallest absolute Gasteiger partial charge is 0.355 e. The van der Waals surface area contributed by atoms with Gasteiger partial charge in [0.25, 0.3) is 0 Å². The Labute approximate surface area is 96.8 Å². The summed E-state index contributed by atoms with van der Waals surface area (Å²) in [5, 5.41) is 9.59. The van der Waals surface area contributed by atoms with E-state index < -0.39 is 5.97 Å². The van der Waals surface area contributed by atoms with Crippen molar-refractivity contribution < 1.29 is 9.90 Å². The van der Waals surface area contributed by atoms with Crippen molar-refractivity contribution in [3.8, 4) is 11.1 Å². The highest BCUT2D eigenvalue weighted by molar-refractivity contribution is 6.30. The maximum Gasteiger partial charge on any atom is 0.355 e. The first kappa shape index (κ1) is 10.6. The predicted molar refractivity (Wildman–Crippen MR) is 62.0 cm³/mol. The molecular formula is C11H9ClN2O2. The van der Waals surface area contributed by atoms with Crippen molar-refractivity contribution in [2.24, 2.45) is 0 Å². The summed E-state index contributed by atoms with van der Waals surface area (Å²) < 4.78 is 1.08. The van der Waals surface area contributed by atoms with E-state index in [2.05, 4.69) is 0 Å². The molecule has 0 fully saturated rings. The Balaban J connectivity index is 2.60. The molecule has 0 bridgehead atoms. The molecule has 1 aromatic carbocycles. The summed E-state index contributed by atoms with van der Waals surface area (Å²) in [7, 11) is 0. The normalized spacial score (nSPS) is 10.3. The number of halogens is 1. The maximum absolute atomic E-state index is 11.0. The number of aromatic nitrogens is 1. The van der Waals surface area contributed by atoms with Crippen LogP contribution in [0.3, 0.4) is 0 Å². The van der Waals surface area contributed by atoms with Crippen LogP contribution < -0.4 is 5.84 Å². The van der Waals surface area contributed by atoms with Crippen LogP contribution in [0.2, 0.25) is 5.02 Å². The third-order valence-electron chi connectivity index (χ3n) is 2.25. The summed E-state index contributed by atoms with van der Waals surface area (Å²) in [5.74, 6) is 4.45. The van der Waals surface area contributed by atoms with E-state index in [4.69, 9.17) is 22.6 Å². The van der Waals surface area contributed by atoms with Gasteiger partial charge in [0, 0.05) is 16.8 Å². The van der Waals surface area contributed by atoms with Gasteiger partial charge in [0.15, 0.2) is 5.69 Å². The van der Waals surface area contributed by atoms with Crippen LogP contribution in [-0.4, -0.2) is 15.8 Å². The number of hydrogen-bond acceptors (Lipinski definition) is 2. The highest BCUT2D eigenvalue weighted by atomic mass is 35.5. The second-order valence-electron chi connectivity index (χ2n) is 3.30. The van der Waals surface area contributed by atoms with Crippen LogP contribution >= 0.6 is 11.6 Å². The Morgan fingerprint density at radius 3 is 2.75 bits per heavy atom. The van der Waals surface area contributed by atoms with E-state index in [1.807, 2.05) is 0 Å². The van der Waals surface area contributed by atoms with Crippen molar-refractivity contribution in [1.82, 2.24) is 4.68 Å². The van der Waals surface area contributed by atoms with Gasteiger partial charge in [0.2, 0.25) is 0 Å². The molecule has 0 unspecified atom stereocenters. The molecule has 1 aromatic heterocycles. The second-order valence-corrected chi connectivity index (χ2v) is 3.74. The predicted octanol–water partition coefficient (Wildman–Crippen LogP) is 2.22. The number of hydrogen-bond donors (Lipinski definition) is 2. The molecule has 0 radical (unpaired) electrons. The minimum atomic E-state index is -1.07. The van der Waals surface area contributed by atoms with Gasteiger partial charge in [-0.3, -0.25) is 4.68 Å². The molecule has 82 valence electrons. The molecule has 3 N–H and O–H groups in total. The number of nitrogens with zero attached hydrogens (tertiary/aromatic N) is 1. The van der Waals surface area contributed by atoms with Crippen molar-refractivity contribution in [3.63, 3.8) is 0 Å². The molecule has 0 amide bonds. The summed E-state index contributed by atoms with van der Waals surface area (Å²) in [4.78, 5) is 11.0. The topological polar surface area (TPSA) is 68.2 Å². The third kappa shape index (κ3) is 1.75. The summed E-state index contributed by atoms with van der Waals surface area (Å²) in [6, 6.07) is 8.62. The highest BCUT2D eigenvalue weighted by Gasteiger charge is 2.16. The van der Waals surface area contributed by atoms with E-state index in [-0.39, 0.29) is 5.69 Å². The maximum atomic E-state index is 11.0. The lowest BCUT2D eigenvalue weighted by Gasteiger charge is -2.03. The van der Waals surface area contributed by atoms with Gasteiger partial charge < -0.3 is 10.9 Å². The summed E-state index contributed by atoms with van der Waals surface area (Å²) in [6.45, 7) is 0. The monoisotopic (exact) mass is 236 g/mol. The molecule has 0 aliphatic carbocycles. The zero-order valence-corrected chi connectivity index (χ0v) is 8.98. The lowest BCUT2D eigenvalue weighted by Crippen LogP contribution is -2.15. The van der Waals surface area contributed by atoms with E-state index in [1.54, 1.807) is 30.3 Å². The quantitative estimate of drug-likeness (QED) is 0.786. The Kier molecular flexibility index (Phi) is 2.58. The summed E-state index contributed by atoms with van der Waals surface area (Å²) in [5.41, 5.74) is 1.33. The molecule has 0 aliphatic rings. The molecule has 0 spiro atoms. The van der Waals surface area contributed by atoms with Gasteiger partial charge in [-0.1, -0.05) is 23.7 Å². The number of nitrogens with two attached hydrogens (primary N) is 1. The van der Waals surface area contributed by atoms with Gasteiger partial charge in [-0.05, 0) is 23.8 Å². The van der Waals surface area contributed by atoms with Crippen LogP contribution in [0.5, 0.6) is 0 Å². The van der Waals surface area contributed by atoms with Crippen LogP contribution in [-0.2, 0) is 0 Å². The van der Waals surface area contributed by atoms with Crippen LogP contribution in [0, 0.1) is 0 Å². The zero-order chi connectivity index (χ0) is 11.7. The number of aromatic carboxylic acids is 1. The molecule has 0 atom stereocenters. The third-order valence-corrected chi connectivity index (χ3v) is 2.49. The first-order chi connectivity index (χ1) is 7.59. The molecule has 0 aliphatic heterocycles. The summed E-state index contributed by atoms with van der Waals surface area (Å²) in [6.07, 6.45) is 1.50. The average molecular weight is 237 g/mol. The van der Waals surface area contributed by atoms with Gasteiger partial charge in [0.1, 0.15) is 0 Å². The summed E-state index contributed by atoms with van der Waals surface area (Å²) >= 11 is 5.85. The van der Waals surface area contributed by atoms with Crippen LogP contribution in [0.15, 0.2) is 36.5 Å². The SMILES string of the molecule is Nn1ccc(-c2cccc(Cl)c2)c1C(=O)O. The van der Waals surface area contributed by atoms with E-state index >= 15 is 0 Å². The lowest BCUT2D eigenvalue weighted by molar-refractivity contribution is 0.0688. The standard InChI is InChI=1S/C11H9ClN2O2/c12-8-3-1-2-7(6-8)9-4-5-14(13)10(9)11(15)16/h1-6H,13H2,(H,15,16). The van der Waals surface area contributed by atoms with Crippen LogP contribution in [0.4, 0.5) is 0 Å². The fourth-order valence-electron chi connectivity index (χ4n) is 1.56. The molecule has 1 heterocycles. The first-order valence-electron chi connectivity index (χ1n) is 4.55. The molecule has 16 heavy (non-hydrogen) atoms. The lowest BCUT2D eigenvalue weighted by atomic mass is 10.1. The molecule has 0 saturated heterocycles. The number of carboxylic acids is 1. The molecular weight excluding hydrogens is 228 g/mol. The van der Waals surface area contributed by atoms with Crippen molar-refractivity contribution in [2.45, 2.75) is 0 Å². The Hall–Kier alpha value is -1.94. The molecule has 2 aromatic rings. The Morgan fingerprint density at radius 2 is 2.12 bits per heavy atom. The molecule has 5 heteroatoms. The van der Waals surface area contributed by atoms with Gasteiger partial charge >= 0.3 is 5.97 Å². The van der Waals surface area contributed by atoms with Gasteiger partial charge in [0.05, 0.1) is 0 Å². The van der Waals surface area contributed by atoms with E-state index in [0.717, 1.165) is 10.2 Å². The first-order valence-corrected chi connectivity index (χ1v) is 4.93. The van der Waals surface area contributed by atoms with Crippen LogP contribution in [0.1, 0.15) is 10.5 Å². The van der Waals surface area contributed by atoms with E-state index in [1.165, 1.54) is 6.20 Å². The van der Waals surface area contributed by atoms with Gasteiger partial charge in [-0.2, -0.15) is 0 Å². The zero-order valence-electron chi connectivity index (χ0n) is 8.22. The van der Waals surface area contributed by atoms with E-state index in [0.29, 0.717) is 10.6 Å². The van der Waals surface area contributed by atoms with E-state index in [9.17, 15) is 4.79 Å². The minimum Gasteiger partial charge on any atom is -0.476 e. The van der Waals surface area contributed by atoms with Crippen molar-refractivity contribution in [1.29, 1.82) is 0 Å². The number of nitrogen functional groups attached to an aromatic ring is 1. The Bertz CT molecular complexity index is 549. The fourth-order valence-corrected chi connectivity index (χ4v) is 1.75. The molecule has 4 nitrogen and oxygen atoms in total. The average Bonchev–Trinajstić information content (AvgIpc) is 2.60. The second kappa shape index (κ2) is 3.90. The highest BCUT2D eigenvalue weighted by Crippen LogP contribution is 2.26. The van der Waals surface area contributed by atoms with Crippen molar-refractivity contribution in [2.75, 3.05) is 5.84 Å². The minimum absolute atomic E-state index is 0.0438. The number of carbonyl (C=O) groups is 1. The number of carboxylic acid groups (broad SMARTS) is 1. The largest absolute Gasteiger partial charge is 0.476 e. The molecule has 2 rings (SSSR count). The number of benzene rings is 1. The van der Waals surface area contributed by atoms with Gasteiger partial charge in [-0.25, -0.2) is 4.79 Å². The fraction of sp³-hybridized carbons (Fsp3) is 0. The Morgan fingerprint density at radius 1 is 1.38 bits per heavy atom. The molecule has 0 saturated carbocycles. The van der Waals surface area contributed by atoms with Gasteiger partial charge in [-0.15, -0.1) is 0 Å². The number of rotatable bonds is 2. The van der Waals surface area contributed by atoms with Crippen molar-refractivity contribution >= 4 is 17.6 Å². The van der Waals surface area contributed by atoms with Crippen LogP contribution in [0.25, 0.3) is 11.1 Å².